The Morgan fingerprint density at radius 3 is 2.58 bits per heavy atom. The van der Waals surface area contributed by atoms with Crippen LogP contribution in [0.5, 0.6) is 5.75 Å². The third-order valence-corrected chi connectivity index (χ3v) is 4.41. The van der Waals surface area contributed by atoms with E-state index in [0.29, 0.717) is 32.7 Å². The minimum atomic E-state index is -0.840. The van der Waals surface area contributed by atoms with Crippen molar-refractivity contribution in [2.24, 2.45) is 5.73 Å². The third-order valence-electron chi connectivity index (χ3n) is 4.41. The van der Waals surface area contributed by atoms with Crippen molar-refractivity contribution in [1.29, 1.82) is 0 Å². The van der Waals surface area contributed by atoms with E-state index in [0.717, 1.165) is 30.9 Å². The second-order valence-corrected chi connectivity index (χ2v) is 6.19. The Labute approximate surface area is 148 Å². The van der Waals surface area contributed by atoms with Gasteiger partial charge in [-0.2, -0.15) is 0 Å². The zero-order valence-corrected chi connectivity index (χ0v) is 14.5. The maximum absolute atomic E-state index is 12.3. The van der Waals surface area contributed by atoms with Crippen LogP contribution in [0.4, 0.5) is 5.69 Å². The number of nitrogens with one attached hydrogen (secondary N) is 1. The number of anilines is 1. The third kappa shape index (κ3) is 4.83. The van der Waals surface area contributed by atoms with Gasteiger partial charge in [0.2, 0.25) is 5.91 Å². The number of ether oxygens (including phenoxy) is 3. The van der Waals surface area contributed by atoms with Crippen LogP contribution >= 0.6 is 12.4 Å². The summed E-state index contributed by atoms with van der Waals surface area (Å²) in [7, 11) is 0. The minimum absolute atomic E-state index is 0. The number of amides is 1. The lowest BCUT2D eigenvalue weighted by Gasteiger charge is -2.31. The van der Waals surface area contributed by atoms with Gasteiger partial charge in [0.1, 0.15) is 17.9 Å². The highest BCUT2D eigenvalue weighted by atomic mass is 35.5. The normalized spacial score (nSPS) is 22.5. The summed E-state index contributed by atoms with van der Waals surface area (Å²) < 4.78 is 16.5. The minimum Gasteiger partial charge on any atom is -0.491 e. The van der Waals surface area contributed by atoms with Gasteiger partial charge in [0.25, 0.3) is 0 Å². The highest BCUT2D eigenvalue weighted by Gasteiger charge is 2.35. The molecule has 1 amide bonds. The first kappa shape index (κ1) is 19.0. The molecule has 1 aromatic carbocycles. The first-order chi connectivity index (χ1) is 11.2. The monoisotopic (exact) mass is 356 g/mol. The summed E-state index contributed by atoms with van der Waals surface area (Å²) in [6.45, 7) is 2.45. The highest BCUT2D eigenvalue weighted by molar-refractivity contribution is 5.98. The maximum atomic E-state index is 12.3. The molecular formula is C17H25ClN2O4. The zero-order chi connectivity index (χ0) is 16.1. The maximum Gasteiger partial charge on any atom is 0.244 e. The van der Waals surface area contributed by atoms with Gasteiger partial charge in [0.05, 0.1) is 6.10 Å². The van der Waals surface area contributed by atoms with Gasteiger partial charge in [-0.15, -0.1) is 12.4 Å². The fraction of sp³-hybridized carbons (Fsp3) is 0.588. The predicted molar refractivity (Wildman–Crippen MR) is 93.8 cm³/mol. The number of hydrogen-bond acceptors (Lipinski definition) is 5. The van der Waals surface area contributed by atoms with Crippen LogP contribution in [0.2, 0.25) is 0 Å². The van der Waals surface area contributed by atoms with E-state index in [1.54, 1.807) is 0 Å². The van der Waals surface area contributed by atoms with E-state index in [1.807, 2.05) is 24.3 Å². The molecule has 0 radical (unpaired) electrons. The van der Waals surface area contributed by atoms with E-state index in [-0.39, 0.29) is 24.4 Å². The molecule has 1 atom stereocenters. The summed E-state index contributed by atoms with van der Waals surface area (Å²) in [5.41, 5.74) is 6.05. The van der Waals surface area contributed by atoms with E-state index >= 15 is 0 Å². The van der Waals surface area contributed by atoms with Crippen LogP contribution in [-0.4, -0.2) is 44.0 Å². The first-order valence-electron chi connectivity index (χ1n) is 8.18. The molecule has 24 heavy (non-hydrogen) atoms. The Kier molecular flexibility index (Phi) is 6.86. The molecule has 0 bridgehead atoms. The van der Waals surface area contributed by atoms with Crippen LogP contribution in [0.15, 0.2) is 24.3 Å². The summed E-state index contributed by atoms with van der Waals surface area (Å²) in [6.07, 6.45) is 3.43. The van der Waals surface area contributed by atoms with Crippen molar-refractivity contribution in [1.82, 2.24) is 0 Å². The quantitative estimate of drug-likeness (QED) is 0.844. The lowest BCUT2D eigenvalue weighted by molar-refractivity contribution is -0.124. The molecule has 0 aromatic heterocycles. The second kappa shape index (κ2) is 8.67. The lowest BCUT2D eigenvalue weighted by Crippen LogP contribution is -2.54. The van der Waals surface area contributed by atoms with Crippen LogP contribution in [0, 0.1) is 0 Å². The van der Waals surface area contributed by atoms with Gasteiger partial charge < -0.3 is 25.3 Å². The molecule has 3 rings (SSSR count). The number of nitrogens with two attached hydrogens (primary N) is 1. The average Bonchev–Trinajstić information content (AvgIpc) is 3.08. The summed E-state index contributed by atoms with van der Waals surface area (Å²) in [4.78, 5) is 12.3. The van der Waals surface area contributed by atoms with E-state index in [1.165, 1.54) is 0 Å². The Morgan fingerprint density at radius 2 is 1.96 bits per heavy atom. The summed E-state index contributed by atoms with van der Waals surface area (Å²) in [5, 5.41) is 2.88. The predicted octanol–water partition coefficient (Wildman–Crippen LogP) is 2.11. The number of carbonyl (C=O) groups is 1. The molecule has 0 aliphatic carbocycles. The topological polar surface area (TPSA) is 82.8 Å². The van der Waals surface area contributed by atoms with Gasteiger partial charge >= 0.3 is 0 Å². The molecule has 2 aliphatic rings. The Hall–Kier alpha value is -1.34. The molecular weight excluding hydrogens is 332 g/mol. The largest absolute Gasteiger partial charge is 0.491 e. The van der Waals surface area contributed by atoms with Gasteiger partial charge in [0.15, 0.2) is 0 Å². The lowest BCUT2D eigenvalue weighted by atomic mass is 9.90. The van der Waals surface area contributed by atoms with E-state index in [4.69, 9.17) is 19.9 Å². The molecule has 6 nitrogen and oxygen atoms in total. The smallest absolute Gasteiger partial charge is 0.244 e. The summed E-state index contributed by atoms with van der Waals surface area (Å²) >= 11 is 0. The van der Waals surface area contributed by atoms with Crippen molar-refractivity contribution in [3.63, 3.8) is 0 Å². The van der Waals surface area contributed by atoms with Gasteiger partial charge in [-0.1, -0.05) is 0 Å². The van der Waals surface area contributed by atoms with Gasteiger partial charge in [0, 0.05) is 25.5 Å². The molecule has 1 aromatic rings. The van der Waals surface area contributed by atoms with Crippen molar-refractivity contribution < 1.29 is 19.0 Å². The first-order valence-corrected chi connectivity index (χ1v) is 8.18. The SMILES string of the molecule is Cl.NC1(C(=O)Nc2ccc(OCC3CCCO3)cc2)CCOCC1. The van der Waals surface area contributed by atoms with Crippen LogP contribution in [0.3, 0.4) is 0 Å². The molecule has 0 spiro atoms. The standard InChI is InChI=1S/C17H24N2O4.ClH/c18-17(7-10-21-11-8-17)16(20)19-13-3-5-14(6-4-13)23-12-15-2-1-9-22-15;/h3-6,15H,1-2,7-12,18H2,(H,19,20);1H. The fourth-order valence-corrected chi connectivity index (χ4v) is 2.82. The van der Waals surface area contributed by atoms with Crippen LogP contribution in [0.1, 0.15) is 25.7 Å². The van der Waals surface area contributed by atoms with Crippen molar-refractivity contribution in [3.8, 4) is 5.75 Å². The number of carbonyl (C=O) groups excluding carboxylic acids is 1. The van der Waals surface area contributed by atoms with Crippen LogP contribution in [0.25, 0.3) is 0 Å². The second-order valence-electron chi connectivity index (χ2n) is 6.19. The van der Waals surface area contributed by atoms with Crippen molar-refractivity contribution in [3.05, 3.63) is 24.3 Å². The molecule has 2 saturated heterocycles. The number of rotatable bonds is 5. The molecule has 134 valence electrons. The van der Waals surface area contributed by atoms with Gasteiger partial charge in [-0.25, -0.2) is 0 Å². The average molecular weight is 357 g/mol. The molecule has 2 fully saturated rings. The molecule has 0 saturated carbocycles. The zero-order valence-electron chi connectivity index (χ0n) is 13.7. The number of benzene rings is 1. The van der Waals surface area contributed by atoms with E-state index in [9.17, 15) is 4.79 Å². The fourth-order valence-electron chi connectivity index (χ4n) is 2.82. The highest BCUT2D eigenvalue weighted by Crippen LogP contribution is 2.22. The van der Waals surface area contributed by atoms with E-state index in [2.05, 4.69) is 5.32 Å². The van der Waals surface area contributed by atoms with Crippen LogP contribution < -0.4 is 15.8 Å². The van der Waals surface area contributed by atoms with Crippen molar-refractivity contribution in [2.75, 3.05) is 31.7 Å². The van der Waals surface area contributed by atoms with E-state index < -0.39 is 5.54 Å². The van der Waals surface area contributed by atoms with Crippen molar-refractivity contribution >= 4 is 24.0 Å². The Morgan fingerprint density at radius 1 is 1.25 bits per heavy atom. The molecule has 1 unspecified atom stereocenters. The summed E-state index contributed by atoms with van der Waals surface area (Å²) in [6, 6.07) is 7.34. The molecule has 7 heteroatoms. The number of hydrogen-bond donors (Lipinski definition) is 2. The van der Waals surface area contributed by atoms with Gasteiger partial charge in [-0.05, 0) is 49.9 Å². The molecule has 2 heterocycles. The van der Waals surface area contributed by atoms with Crippen LogP contribution in [-0.2, 0) is 14.3 Å². The molecule has 2 aliphatic heterocycles. The summed E-state index contributed by atoms with van der Waals surface area (Å²) in [5.74, 6) is 0.612. The Bertz CT molecular complexity index is 526. The van der Waals surface area contributed by atoms with Gasteiger partial charge in [-0.3, -0.25) is 4.79 Å². The Balaban J connectivity index is 0.00000208. The molecule has 3 N–H and O–H groups in total. The number of halogens is 1. The van der Waals surface area contributed by atoms with Crippen molar-refractivity contribution in [2.45, 2.75) is 37.3 Å².